The largest absolute Gasteiger partial charge is 0.411 e. The van der Waals surface area contributed by atoms with Gasteiger partial charge in [-0.3, -0.25) is 0 Å². The Labute approximate surface area is 170 Å². The van der Waals surface area contributed by atoms with Gasteiger partial charge >= 0.3 is 0 Å². The molecular formula is C20H15BrCl2N2O. The quantitative estimate of drug-likeness (QED) is 0.207. The highest BCUT2D eigenvalue weighted by molar-refractivity contribution is 9.10. The molecule has 26 heavy (non-hydrogen) atoms. The zero-order valence-corrected chi connectivity index (χ0v) is 16.7. The van der Waals surface area contributed by atoms with Crippen molar-refractivity contribution in [1.82, 2.24) is 4.98 Å². The molecule has 132 valence electrons. The van der Waals surface area contributed by atoms with E-state index in [0.29, 0.717) is 17.7 Å². The summed E-state index contributed by atoms with van der Waals surface area (Å²) >= 11 is 15.5. The van der Waals surface area contributed by atoms with Gasteiger partial charge in [0.2, 0.25) is 0 Å². The Hall–Kier alpha value is -1.88. The van der Waals surface area contributed by atoms with E-state index in [0.717, 1.165) is 15.6 Å². The average Bonchev–Trinajstić information content (AvgIpc) is 2.63. The Kier molecular flexibility index (Phi) is 6.30. The van der Waals surface area contributed by atoms with Crippen LogP contribution < -0.4 is 0 Å². The van der Waals surface area contributed by atoms with Gasteiger partial charge in [-0.2, -0.15) is 0 Å². The van der Waals surface area contributed by atoms with E-state index in [1.54, 1.807) is 12.1 Å². The third-order valence-corrected chi connectivity index (χ3v) is 5.00. The summed E-state index contributed by atoms with van der Waals surface area (Å²) < 4.78 is 1.01. The van der Waals surface area contributed by atoms with Crippen molar-refractivity contribution in [3.63, 3.8) is 0 Å². The van der Waals surface area contributed by atoms with Crippen LogP contribution in [0.3, 0.4) is 0 Å². The van der Waals surface area contributed by atoms with Gasteiger partial charge in [-0.25, -0.2) is 4.98 Å². The average molecular weight is 450 g/mol. The maximum absolute atomic E-state index is 9.62. The Morgan fingerprint density at radius 2 is 1.54 bits per heavy atom. The van der Waals surface area contributed by atoms with E-state index < -0.39 is 0 Å². The van der Waals surface area contributed by atoms with Crippen molar-refractivity contribution >= 4 is 44.8 Å². The Balaban J connectivity index is 2.00. The van der Waals surface area contributed by atoms with Gasteiger partial charge in [0.05, 0.1) is 5.71 Å². The van der Waals surface area contributed by atoms with Crippen LogP contribution in [-0.2, 0) is 0 Å². The van der Waals surface area contributed by atoms with Gasteiger partial charge in [-0.15, -0.1) is 0 Å². The first-order chi connectivity index (χ1) is 12.6. The monoisotopic (exact) mass is 448 g/mol. The molecule has 0 aliphatic rings. The maximum Gasteiger partial charge on any atom is 0.131 e. The lowest BCUT2D eigenvalue weighted by Crippen LogP contribution is -2.11. The molecule has 1 heterocycles. The first-order valence-corrected chi connectivity index (χ1v) is 9.46. The van der Waals surface area contributed by atoms with Crippen molar-refractivity contribution in [2.45, 2.75) is 12.3 Å². The molecule has 0 aliphatic carbocycles. The molecule has 3 nitrogen and oxygen atoms in total. The van der Waals surface area contributed by atoms with E-state index in [1.165, 1.54) is 0 Å². The van der Waals surface area contributed by atoms with E-state index in [2.05, 4.69) is 50.3 Å². The molecule has 0 radical (unpaired) electrons. The van der Waals surface area contributed by atoms with Crippen molar-refractivity contribution < 1.29 is 5.21 Å². The van der Waals surface area contributed by atoms with Crippen LogP contribution in [-0.4, -0.2) is 15.9 Å². The maximum atomic E-state index is 9.62. The summed E-state index contributed by atoms with van der Waals surface area (Å²) in [4.78, 5) is 3.95. The van der Waals surface area contributed by atoms with Crippen molar-refractivity contribution in [3.05, 3.63) is 98.2 Å². The van der Waals surface area contributed by atoms with Gasteiger partial charge in [0, 0.05) is 22.4 Å². The second-order valence-electron chi connectivity index (χ2n) is 5.77. The lowest BCUT2D eigenvalue weighted by molar-refractivity contribution is 0.317. The molecule has 6 heteroatoms. The van der Waals surface area contributed by atoms with Crippen LogP contribution in [0.4, 0.5) is 0 Å². The van der Waals surface area contributed by atoms with Crippen molar-refractivity contribution in [2.24, 2.45) is 5.16 Å². The van der Waals surface area contributed by atoms with Crippen LogP contribution in [0.5, 0.6) is 0 Å². The lowest BCUT2D eigenvalue weighted by atomic mass is 9.85. The summed E-state index contributed by atoms with van der Waals surface area (Å²) in [5.74, 6) is 0.0147. The standard InChI is InChI=1S/C20H15BrCl2N2O/c21-16-8-6-14(7-9-16)17(13-4-2-1-3-5-13)12-18(25-26)15-10-19(22)24-20(23)11-15/h1-11,17,26H,12H2/b25-18-. The number of hydrogen-bond acceptors (Lipinski definition) is 3. The summed E-state index contributed by atoms with van der Waals surface area (Å²) in [5, 5.41) is 13.6. The highest BCUT2D eigenvalue weighted by Gasteiger charge is 2.19. The molecule has 1 unspecified atom stereocenters. The molecule has 1 atom stereocenters. The summed E-state index contributed by atoms with van der Waals surface area (Å²) in [6.07, 6.45) is 0.485. The predicted octanol–water partition coefficient (Wildman–Crippen LogP) is 6.55. The molecule has 0 fully saturated rings. The Morgan fingerprint density at radius 3 is 2.12 bits per heavy atom. The number of rotatable bonds is 5. The second kappa shape index (κ2) is 8.67. The van der Waals surface area contributed by atoms with E-state index in [-0.39, 0.29) is 16.2 Å². The normalized spacial score (nSPS) is 12.8. The number of nitrogens with zero attached hydrogens (tertiary/aromatic N) is 2. The molecule has 1 aromatic heterocycles. The molecule has 2 aromatic carbocycles. The Bertz CT molecular complexity index is 895. The zero-order valence-electron chi connectivity index (χ0n) is 13.6. The molecule has 0 bridgehead atoms. The molecule has 0 saturated carbocycles. The van der Waals surface area contributed by atoms with Crippen LogP contribution in [0.1, 0.15) is 29.0 Å². The highest BCUT2D eigenvalue weighted by atomic mass is 79.9. The van der Waals surface area contributed by atoms with E-state index in [9.17, 15) is 5.21 Å². The summed E-state index contributed by atoms with van der Waals surface area (Å²) in [5.41, 5.74) is 3.39. The fraction of sp³-hybridized carbons (Fsp3) is 0.100. The first kappa shape index (κ1) is 18.9. The summed E-state index contributed by atoms with van der Waals surface area (Å²) in [6.45, 7) is 0. The van der Waals surface area contributed by atoms with Crippen LogP contribution in [0.15, 0.2) is 76.4 Å². The zero-order chi connectivity index (χ0) is 18.5. The van der Waals surface area contributed by atoms with Crippen LogP contribution >= 0.6 is 39.1 Å². The molecule has 0 amide bonds. The molecule has 0 aliphatic heterocycles. The van der Waals surface area contributed by atoms with Gasteiger partial charge in [0.25, 0.3) is 0 Å². The van der Waals surface area contributed by atoms with Crippen molar-refractivity contribution in [3.8, 4) is 0 Å². The van der Waals surface area contributed by atoms with Crippen LogP contribution in [0.2, 0.25) is 10.3 Å². The highest BCUT2D eigenvalue weighted by Crippen LogP contribution is 2.31. The molecule has 0 saturated heterocycles. The number of benzene rings is 2. The SMILES string of the molecule is O/N=C(/CC(c1ccccc1)c1ccc(Br)cc1)c1cc(Cl)nc(Cl)c1. The van der Waals surface area contributed by atoms with E-state index in [4.69, 9.17) is 23.2 Å². The third-order valence-electron chi connectivity index (χ3n) is 4.09. The smallest absolute Gasteiger partial charge is 0.131 e. The fourth-order valence-electron chi connectivity index (χ4n) is 2.85. The lowest BCUT2D eigenvalue weighted by Gasteiger charge is -2.19. The number of hydrogen-bond donors (Lipinski definition) is 1. The van der Waals surface area contributed by atoms with E-state index >= 15 is 0 Å². The van der Waals surface area contributed by atoms with E-state index in [1.807, 2.05) is 30.3 Å². The number of halogens is 3. The fourth-order valence-corrected chi connectivity index (χ4v) is 3.57. The van der Waals surface area contributed by atoms with Gasteiger partial charge in [-0.05, 0) is 35.4 Å². The molecule has 3 aromatic rings. The van der Waals surface area contributed by atoms with Gasteiger partial charge < -0.3 is 5.21 Å². The minimum atomic E-state index is 0.0147. The van der Waals surface area contributed by atoms with Gasteiger partial charge in [0.1, 0.15) is 10.3 Å². The van der Waals surface area contributed by atoms with Crippen molar-refractivity contribution in [1.29, 1.82) is 0 Å². The minimum Gasteiger partial charge on any atom is -0.411 e. The van der Waals surface area contributed by atoms with Crippen LogP contribution in [0, 0.1) is 0 Å². The topological polar surface area (TPSA) is 45.5 Å². The number of oxime groups is 1. The molecule has 0 spiro atoms. The van der Waals surface area contributed by atoms with Crippen molar-refractivity contribution in [2.75, 3.05) is 0 Å². The Morgan fingerprint density at radius 1 is 0.962 bits per heavy atom. The van der Waals surface area contributed by atoms with Gasteiger partial charge in [-0.1, -0.05) is 86.8 Å². The minimum absolute atomic E-state index is 0.0147. The number of aromatic nitrogens is 1. The summed E-state index contributed by atoms with van der Waals surface area (Å²) in [6, 6.07) is 21.5. The second-order valence-corrected chi connectivity index (χ2v) is 7.46. The third kappa shape index (κ3) is 4.64. The van der Waals surface area contributed by atoms with Gasteiger partial charge in [0.15, 0.2) is 0 Å². The predicted molar refractivity (Wildman–Crippen MR) is 110 cm³/mol. The summed E-state index contributed by atoms with van der Waals surface area (Å²) in [7, 11) is 0. The van der Waals surface area contributed by atoms with Crippen LogP contribution in [0.25, 0.3) is 0 Å². The molecule has 3 rings (SSSR count). The molecular weight excluding hydrogens is 435 g/mol. The number of pyridine rings is 1. The molecule has 1 N–H and O–H groups in total. The first-order valence-electron chi connectivity index (χ1n) is 7.91.